The number of halogens is 1. The lowest BCUT2D eigenvalue weighted by Gasteiger charge is -2.42. The number of benzene rings is 1. The van der Waals surface area contributed by atoms with E-state index in [-0.39, 0.29) is 5.91 Å². The highest BCUT2D eigenvalue weighted by atomic mass is 35.5. The third kappa shape index (κ3) is 2.31. The number of carbonyl (C=O) groups is 1. The highest BCUT2D eigenvalue weighted by Gasteiger charge is 2.43. The molecule has 1 amide bonds. The molecule has 1 heterocycles. The number of aliphatic hydroxyl groups excluding tert-OH is 1. The summed E-state index contributed by atoms with van der Waals surface area (Å²) in [5, 5.41) is 13.6. The van der Waals surface area contributed by atoms with E-state index in [1.807, 2.05) is 0 Å². The molecule has 5 heteroatoms. The molecule has 0 aliphatic carbocycles. The average molecular weight is 270 g/mol. The van der Waals surface area contributed by atoms with Crippen molar-refractivity contribution in [2.45, 2.75) is 38.5 Å². The van der Waals surface area contributed by atoms with E-state index in [0.29, 0.717) is 16.3 Å². The summed E-state index contributed by atoms with van der Waals surface area (Å²) in [7, 11) is 0. The van der Waals surface area contributed by atoms with E-state index in [0.717, 1.165) is 0 Å². The molecule has 1 aromatic carbocycles. The molecule has 98 valence electrons. The molecule has 0 saturated carbocycles. The summed E-state index contributed by atoms with van der Waals surface area (Å²) in [6, 6.07) is 4.66. The van der Waals surface area contributed by atoms with Crippen molar-refractivity contribution in [3.8, 4) is 5.75 Å². The molecular formula is C13H16ClNO3. The summed E-state index contributed by atoms with van der Waals surface area (Å²) in [5.41, 5.74) is -0.0713. The number of nitrogens with one attached hydrogen (secondary N) is 1. The van der Waals surface area contributed by atoms with Crippen LogP contribution in [0.15, 0.2) is 18.2 Å². The van der Waals surface area contributed by atoms with Crippen LogP contribution in [0.1, 0.15) is 32.4 Å². The molecule has 0 radical (unpaired) electrons. The molecule has 0 fully saturated rings. The molecule has 0 unspecified atom stereocenters. The third-order valence-electron chi connectivity index (χ3n) is 3.07. The van der Waals surface area contributed by atoms with Crippen LogP contribution in [0.25, 0.3) is 0 Å². The predicted molar refractivity (Wildman–Crippen MR) is 68.7 cm³/mol. The van der Waals surface area contributed by atoms with Crippen LogP contribution in [0.5, 0.6) is 5.75 Å². The van der Waals surface area contributed by atoms with Gasteiger partial charge in [-0.05, 0) is 32.0 Å². The van der Waals surface area contributed by atoms with Gasteiger partial charge in [0.15, 0.2) is 0 Å². The molecule has 18 heavy (non-hydrogen) atoms. The Labute approximate surface area is 111 Å². The fraction of sp³-hybridized carbons (Fsp3) is 0.462. The molecule has 0 bridgehead atoms. The van der Waals surface area contributed by atoms with Crippen molar-refractivity contribution < 1.29 is 14.6 Å². The molecular weight excluding hydrogens is 254 g/mol. The predicted octanol–water partition coefficient (Wildman–Crippen LogP) is 2.05. The number of rotatable bonds is 1. The molecule has 2 N–H and O–H groups in total. The zero-order chi connectivity index (χ0) is 13.5. The average Bonchev–Trinajstić information content (AvgIpc) is 2.25. The molecule has 2 atom stereocenters. The Kier molecular flexibility index (Phi) is 3.25. The van der Waals surface area contributed by atoms with E-state index < -0.39 is 17.7 Å². The second kappa shape index (κ2) is 4.44. The normalized spacial score (nSPS) is 24.9. The van der Waals surface area contributed by atoms with Crippen LogP contribution in [0.2, 0.25) is 5.02 Å². The molecule has 0 saturated heterocycles. The van der Waals surface area contributed by atoms with Gasteiger partial charge < -0.3 is 15.2 Å². The molecule has 0 spiro atoms. The maximum atomic E-state index is 11.3. The van der Waals surface area contributed by atoms with Gasteiger partial charge in [0, 0.05) is 17.5 Å². The van der Waals surface area contributed by atoms with Crippen molar-refractivity contribution >= 4 is 17.5 Å². The highest BCUT2D eigenvalue weighted by Crippen LogP contribution is 2.40. The van der Waals surface area contributed by atoms with Gasteiger partial charge in [0.05, 0.1) is 6.04 Å². The van der Waals surface area contributed by atoms with Gasteiger partial charge in [0.2, 0.25) is 5.91 Å². The van der Waals surface area contributed by atoms with Crippen molar-refractivity contribution in [3.63, 3.8) is 0 Å². The number of amides is 1. The van der Waals surface area contributed by atoms with Crippen LogP contribution >= 0.6 is 11.6 Å². The van der Waals surface area contributed by atoms with E-state index in [9.17, 15) is 9.90 Å². The zero-order valence-corrected chi connectivity index (χ0v) is 11.3. The van der Waals surface area contributed by atoms with Crippen LogP contribution in [0.4, 0.5) is 0 Å². The van der Waals surface area contributed by atoms with Crippen LogP contribution < -0.4 is 10.1 Å². The minimum atomic E-state index is -0.840. The third-order valence-corrected chi connectivity index (χ3v) is 3.30. The van der Waals surface area contributed by atoms with Crippen LogP contribution in [-0.2, 0) is 4.79 Å². The second-order valence-corrected chi connectivity index (χ2v) is 5.45. The lowest BCUT2D eigenvalue weighted by Crippen LogP contribution is -2.53. The van der Waals surface area contributed by atoms with Crippen molar-refractivity contribution in [2.24, 2.45) is 0 Å². The maximum absolute atomic E-state index is 11.3. The van der Waals surface area contributed by atoms with Crippen LogP contribution in [-0.4, -0.2) is 22.7 Å². The van der Waals surface area contributed by atoms with E-state index >= 15 is 0 Å². The quantitative estimate of drug-likeness (QED) is 0.820. The Morgan fingerprint density at radius 1 is 1.50 bits per heavy atom. The zero-order valence-electron chi connectivity index (χ0n) is 10.5. The topological polar surface area (TPSA) is 58.6 Å². The molecule has 1 aliphatic rings. The first-order valence-corrected chi connectivity index (χ1v) is 6.12. The van der Waals surface area contributed by atoms with Gasteiger partial charge in [0.1, 0.15) is 17.5 Å². The lowest BCUT2D eigenvalue weighted by molar-refractivity contribution is -0.123. The van der Waals surface area contributed by atoms with E-state index in [2.05, 4.69) is 5.32 Å². The molecule has 0 aromatic heterocycles. The summed E-state index contributed by atoms with van der Waals surface area (Å²) in [6.07, 6.45) is -0.840. The number of aliphatic hydroxyl groups is 1. The first-order chi connectivity index (χ1) is 8.31. The van der Waals surface area contributed by atoms with Crippen LogP contribution in [0, 0.1) is 0 Å². The molecule has 4 nitrogen and oxygen atoms in total. The fourth-order valence-corrected chi connectivity index (χ4v) is 2.33. The van der Waals surface area contributed by atoms with Gasteiger partial charge in [-0.2, -0.15) is 0 Å². The Hall–Kier alpha value is -1.26. The first kappa shape index (κ1) is 13.2. The van der Waals surface area contributed by atoms with Gasteiger partial charge in [0.25, 0.3) is 0 Å². The summed E-state index contributed by atoms with van der Waals surface area (Å²) in [4.78, 5) is 11.3. The minimum absolute atomic E-state index is 0.206. The number of hydrogen-bond donors (Lipinski definition) is 2. The Morgan fingerprint density at radius 2 is 2.17 bits per heavy atom. The van der Waals surface area contributed by atoms with Gasteiger partial charge >= 0.3 is 0 Å². The van der Waals surface area contributed by atoms with Crippen molar-refractivity contribution in [2.75, 3.05) is 0 Å². The van der Waals surface area contributed by atoms with Gasteiger partial charge in [-0.25, -0.2) is 0 Å². The number of carbonyl (C=O) groups excluding carboxylic acids is 1. The largest absolute Gasteiger partial charge is 0.485 e. The number of fused-ring (bicyclic) bond motifs is 1. The summed E-state index contributed by atoms with van der Waals surface area (Å²) < 4.78 is 5.74. The monoisotopic (exact) mass is 269 g/mol. The van der Waals surface area contributed by atoms with Gasteiger partial charge in [-0.3, -0.25) is 4.79 Å². The van der Waals surface area contributed by atoms with E-state index in [4.69, 9.17) is 16.3 Å². The minimum Gasteiger partial charge on any atom is -0.485 e. The molecule has 2 rings (SSSR count). The Morgan fingerprint density at radius 3 is 2.78 bits per heavy atom. The van der Waals surface area contributed by atoms with Crippen molar-refractivity contribution in [1.82, 2.24) is 5.32 Å². The summed E-state index contributed by atoms with van der Waals surface area (Å²) in [5.74, 6) is 0.427. The SMILES string of the molecule is CC(=O)N[C@@H]1c2cc(Cl)ccc2OC(C)(C)[C@H]1O. The van der Waals surface area contributed by atoms with Crippen LogP contribution in [0.3, 0.4) is 0 Å². The van der Waals surface area contributed by atoms with Gasteiger partial charge in [-0.15, -0.1) is 0 Å². The van der Waals surface area contributed by atoms with Gasteiger partial charge in [-0.1, -0.05) is 11.6 Å². The number of hydrogen-bond acceptors (Lipinski definition) is 3. The lowest BCUT2D eigenvalue weighted by atomic mass is 9.86. The van der Waals surface area contributed by atoms with E-state index in [1.54, 1.807) is 32.0 Å². The molecule has 1 aromatic rings. The van der Waals surface area contributed by atoms with E-state index in [1.165, 1.54) is 6.92 Å². The Bertz CT molecular complexity index is 487. The standard InChI is InChI=1S/C13H16ClNO3/c1-7(16)15-11-9-6-8(14)4-5-10(9)18-13(2,3)12(11)17/h4-6,11-12,17H,1-3H3,(H,15,16)/t11-,12+/m1/s1. The smallest absolute Gasteiger partial charge is 0.217 e. The second-order valence-electron chi connectivity index (χ2n) is 5.01. The number of ether oxygens (including phenoxy) is 1. The highest BCUT2D eigenvalue weighted by molar-refractivity contribution is 6.30. The first-order valence-electron chi connectivity index (χ1n) is 5.75. The Balaban J connectivity index is 2.49. The summed E-state index contributed by atoms with van der Waals surface area (Å²) >= 11 is 5.95. The fourth-order valence-electron chi connectivity index (χ4n) is 2.15. The molecule has 1 aliphatic heterocycles. The maximum Gasteiger partial charge on any atom is 0.217 e. The summed E-state index contributed by atoms with van der Waals surface area (Å²) in [6.45, 7) is 4.98. The van der Waals surface area contributed by atoms with Crippen molar-refractivity contribution in [1.29, 1.82) is 0 Å². The van der Waals surface area contributed by atoms with Crippen molar-refractivity contribution in [3.05, 3.63) is 28.8 Å².